The Morgan fingerprint density at radius 3 is 2.94 bits per heavy atom. The molecule has 1 aromatic rings. The Kier molecular flexibility index (Phi) is 3.57. The van der Waals surface area contributed by atoms with Gasteiger partial charge in [0.1, 0.15) is 0 Å². The van der Waals surface area contributed by atoms with Crippen LogP contribution in [0.2, 0.25) is 0 Å². The minimum Gasteiger partial charge on any atom is -0.376 e. The number of ether oxygens (including phenoxy) is 1. The molecule has 1 aliphatic heterocycles. The van der Waals surface area contributed by atoms with Crippen molar-refractivity contribution in [3.05, 3.63) is 20.8 Å². The van der Waals surface area contributed by atoms with Crippen molar-refractivity contribution in [3.63, 3.8) is 0 Å². The second kappa shape index (κ2) is 5.00. The molecule has 94 valence electrons. The largest absolute Gasteiger partial charge is 0.376 e. The highest BCUT2D eigenvalue weighted by Crippen LogP contribution is 2.39. The first-order valence-corrected chi connectivity index (χ1v) is 8.03. The molecule has 0 spiro atoms. The molecule has 0 amide bonds. The van der Waals surface area contributed by atoms with Crippen LogP contribution in [-0.2, 0) is 4.74 Å². The molecule has 1 N–H and O–H groups in total. The van der Waals surface area contributed by atoms with E-state index in [0.29, 0.717) is 18.2 Å². The Hall–Kier alpha value is 0.100. The summed E-state index contributed by atoms with van der Waals surface area (Å²) >= 11 is 5.43. The van der Waals surface area contributed by atoms with Crippen molar-refractivity contribution >= 4 is 27.3 Å². The van der Waals surface area contributed by atoms with Gasteiger partial charge in [-0.15, -0.1) is 11.3 Å². The molecule has 0 bridgehead atoms. The van der Waals surface area contributed by atoms with E-state index in [2.05, 4.69) is 39.6 Å². The highest BCUT2D eigenvalue weighted by Gasteiger charge is 2.41. The zero-order valence-corrected chi connectivity index (χ0v) is 12.4. The van der Waals surface area contributed by atoms with Crippen LogP contribution >= 0.6 is 27.3 Å². The lowest BCUT2D eigenvalue weighted by Crippen LogP contribution is -2.38. The summed E-state index contributed by atoms with van der Waals surface area (Å²) in [5, 5.41) is 5.89. The van der Waals surface area contributed by atoms with Crippen LogP contribution in [0.3, 0.4) is 0 Å². The molecule has 3 rings (SSSR count). The topological polar surface area (TPSA) is 21.3 Å². The Balaban J connectivity index is 1.64. The Bertz CT molecular complexity index is 391. The van der Waals surface area contributed by atoms with E-state index in [0.717, 1.165) is 18.9 Å². The Morgan fingerprint density at radius 2 is 2.29 bits per heavy atom. The van der Waals surface area contributed by atoms with Crippen LogP contribution in [0.5, 0.6) is 0 Å². The van der Waals surface area contributed by atoms with Gasteiger partial charge in [-0.3, -0.25) is 0 Å². The van der Waals surface area contributed by atoms with Crippen LogP contribution in [0.4, 0.5) is 0 Å². The zero-order chi connectivity index (χ0) is 11.8. The van der Waals surface area contributed by atoms with Crippen molar-refractivity contribution in [2.45, 2.75) is 44.4 Å². The SMILES string of the molecule is CC(NC1CCOC1C1CC1)c1sccc1Br. The maximum absolute atomic E-state index is 5.87. The third kappa shape index (κ3) is 2.60. The summed E-state index contributed by atoms with van der Waals surface area (Å²) in [5.41, 5.74) is 0. The van der Waals surface area contributed by atoms with Crippen LogP contribution in [0.25, 0.3) is 0 Å². The van der Waals surface area contributed by atoms with Gasteiger partial charge in [0.15, 0.2) is 0 Å². The zero-order valence-electron chi connectivity index (χ0n) is 9.99. The molecule has 1 saturated carbocycles. The Labute approximate surface area is 115 Å². The molecular formula is C13H18BrNOS. The maximum atomic E-state index is 5.87. The van der Waals surface area contributed by atoms with Gasteiger partial charge < -0.3 is 10.1 Å². The minimum absolute atomic E-state index is 0.414. The summed E-state index contributed by atoms with van der Waals surface area (Å²) in [7, 11) is 0. The quantitative estimate of drug-likeness (QED) is 0.914. The molecular weight excluding hydrogens is 298 g/mol. The lowest BCUT2D eigenvalue weighted by molar-refractivity contribution is 0.0793. The van der Waals surface area contributed by atoms with Crippen LogP contribution in [0.15, 0.2) is 15.9 Å². The van der Waals surface area contributed by atoms with E-state index >= 15 is 0 Å². The van der Waals surface area contributed by atoms with E-state index in [4.69, 9.17) is 4.74 Å². The molecule has 2 heterocycles. The summed E-state index contributed by atoms with van der Waals surface area (Å²) in [6.07, 6.45) is 4.35. The molecule has 4 heteroatoms. The molecule has 1 saturated heterocycles. The van der Waals surface area contributed by atoms with Gasteiger partial charge in [0.25, 0.3) is 0 Å². The van der Waals surface area contributed by atoms with Gasteiger partial charge in [-0.2, -0.15) is 0 Å². The molecule has 3 unspecified atom stereocenters. The third-order valence-electron chi connectivity index (χ3n) is 3.72. The van der Waals surface area contributed by atoms with Crippen LogP contribution in [-0.4, -0.2) is 18.8 Å². The normalized spacial score (nSPS) is 30.7. The molecule has 1 aromatic heterocycles. The van der Waals surface area contributed by atoms with E-state index in [-0.39, 0.29) is 0 Å². The van der Waals surface area contributed by atoms with Crippen molar-refractivity contribution in [2.75, 3.05) is 6.61 Å². The third-order valence-corrected chi connectivity index (χ3v) is 5.78. The van der Waals surface area contributed by atoms with Crippen molar-refractivity contribution in [1.29, 1.82) is 0 Å². The van der Waals surface area contributed by atoms with Gasteiger partial charge in [-0.25, -0.2) is 0 Å². The highest BCUT2D eigenvalue weighted by molar-refractivity contribution is 9.10. The standard InChI is InChI=1S/C13H18BrNOS/c1-8(13-10(14)5-7-17-13)15-11-4-6-16-12(11)9-2-3-9/h5,7-9,11-12,15H,2-4,6H2,1H3. The fraction of sp³-hybridized carbons (Fsp3) is 0.692. The number of hydrogen-bond donors (Lipinski definition) is 1. The fourth-order valence-electron chi connectivity index (χ4n) is 2.69. The van der Waals surface area contributed by atoms with Gasteiger partial charge in [-0.05, 0) is 59.5 Å². The lowest BCUT2D eigenvalue weighted by atomic mass is 10.1. The second-order valence-electron chi connectivity index (χ2n) is 5.09. The predicted molar refractivity (Wildman–Crippen MR) is 74.4 cm³/mol. The van der Waals surface area contributed by atoms with Crippen LogP contribution in [0.1, 0.15) is 37.1 Å². The lowest BCUT2D eigenvalue weighted by Gasteiger charge is -2.23. The molecule has 0 radical (unpaired) electrons. The van der Waals surface area contributed by atoms with Crippen LogP contribution in [0, 0.1) is 5.92 Å². The van der Waals surface area contributed by atoms with Gasteiger partial charge in [0.05, 0.1) is 6.10 Å². The molecule has 17 heavy (non-hydrogen) atoms. The van der Waals surface area contributed by atoms with Crippen LogP contribution < -0.4 is 5.32 Å². The van der Waals surface area contributed by atoms with E-state index in [1.165, 1.54) is 22.2 Å². The molecule has 2 aliphatic rings. The summed E-state index contributed by atoms with van der Waals surface area (Å²) in [6, 6.07) is 3.09. The molecule has 2 nitrogen and oxygen atoms in total. The first kappa shape index (κ1) is 12.2. The van der Waals surface area contributed by atoms with Gasteiger partial charge in [0.2, 0.25) is 0 Å². The van der Waals surface area contributed by atoms with Crippen molar-refractivity contribution in [3.8, 4) is 0 Å². The summed E-state index contributed by atoms with van der Waals surface area (Å²) < 4.78 is 7.09. The van der Waals surface area contributed by atoms with E-state index in [9.17, 15) is 0 Å². The smallest absolute Gasteiger partial charge is 0.0757 e. The van der Waals surface area contributed by atoms with Crippen molar-refractivity contribution < 1.29 is 4.74 Å². The van der Waals surface area contributed by atoms with Gasteiger partial charge in [-0.1, -0.05) is 0 Å². The monoisotopic (exact) mass is 315 g/mol. The van der Waals surface area contributed by atoms with Gasteiger partial charge >= 0.3 is 0 Å². The fourth-order valence-corrected chi connectivity index (χ4v) is 4.42. The molecule has 0 aromatic carbocycles. The molecule has 2 fully saturated rings. The highest BCUT2D eigenvalue weighted by atomic mass is 79.9. The minimum atomic E-state index is 0.414. The van der Waals surface area contributed by atoms with E-state index < -0.39 is 0 Å². The number of thiophene rings is 1. The number of rotatable bonds is 4. The van der Waals surface area contributed by atoms with E-state index in [1.807, 2.05) is 11.3 Å². The average Bonchev–Trinajstić information content (AvgIpc) is 2.89. The number of nitrogens with one attached hydrogen (secondary N) is 1. The maximum Gasteiger partial charge on any atom is 0.0757 e. The second-order valence-corrected chi connectivity index (χ2v) is 6.89. The first-order valence-electron chi connectivity index (χ1n) is 6.36. The molecule has 3 atom stereocenters. The number of hydrogen-bond acceptors (Lipinski definition) is 3. The number of halogens is 1. The van der Waals surface area contributed by atoms with Gasteiger partial charge in [0, 0.05) is 28.0 Å². The van der Waals surface area contributed by atoms with Crippen molar-refractivity contribution in [1.82, 2.24) is 5.32 Å². The van der Waals surface area contributed by atoms with E-state index in [1.54, 1.807) is 0 Å². The summed E-state index contributed by atoms with van der Waals surface area (Å²) in [6.45, 7) is 3.18. The summed E-state index contributed by atoms with van der Waals surface area (Å²) in [5.74, 6) is 0.828. The average molecular weight is 316 g/mol. The first-order chi connectivity index (χ1) is 8.25. The Morgan fingerprint density at radius 1 is 1.47 bits per heavy atom. The predicted octanol–water partition coefficient (Wildman–Crippen LogP) is 3.73. The molecule has 1 aliphatic carbocycles. The summed E-state index contributed by atoms with van der Waals surface area (Å²) in [4.78, 5) is 1.39. The van der Waals surface area contributed by atoms with Crippen molar-refractivity contribution in [2.24, 2.45) is 5.92 Å².